The summed E-state index contributed by atoms with van der Waals surface area (Å²) in [5.41, 5.74) is 2.43. The van der Waals surface area contributed by atoms with Gasteiger partial charge in [-0.25, -0.2) is 0 Å². The number of halogens is 1. The van der Waals surface area contributed by atoms with Gasteiger partial charge in [0, 0.05) is 33.6 Å². The number of rotatable bonds is 8. The van der Waals surface area contributed by atoms with Crippen LogP contribution in [0.4, 0.5) is 0 Å². The average molecular weight is 486 g/mol. The molecule has 0 saturated heterocycles. The van der Waals surface area contributed by atoms with Gasteiger partial charge in [0.2, 0.25) is 0 Å². The zero-order valence-corrected chi connectivity index (χ0v) is 19.2. The molecule has 0 bridgehead atoms. The minimum Gasteiger partial charge on any atom is -0.492 e. The van der Waals surface area contributed by atoms with Crippen molar-refractivity contribution < 1.29 is 4.74 Å². The van der Waals surface area contributed by atoms with Crippen molar-refractivity contribution >= 4 is 29.9 Å². The summed E-state index contributed by atoms with van der Waals surface area (Å²) in [6.45, 7) is 9.17. The molecule has 27 heavy (non-hydrogen) atoms. The minimum absolute atomic E-state index is 0. The van der Waals surface area contributed by atoms with Gasteiger partial charge in [-0.1, -0.05) is 13.0 Å². The number of likely N-dealkylation sites (N-methyl/N-ethyl adjacent to an activating group) is 1. The summed E-state index contributed by atoms with van der Waals surface area (Å²) in [5.74, 6) is 2.76. The van der Waals surface area contributed by atoms with Gasteiger partial charge in [-0.2, -0.15) is 0 Å². The van der Waals surface area contributed by atoms with Crippen molar-refractivity contribution in [1.29, 1.82) is 0 Å². The Bertz CT molecular complexity index is 710. The van der Waals surface area contributed by atoms with Crippen LogP contribution in [0.3, 0.4) is 0 Å². The van der Waals surface area contributed by atoms with E-state index in [1.54, 1.807) is 13.4 Å². The Kier molecular flexibility index (Phi) is 10.1. The van der Waals surface area contributed by atoms with Crippen LogP contribution in [0.15, 0.2) is 29.5 Å². The van der Waals surface area contributed by atoms with Crippen molar-refractivity contribution in [3.05, 3.63) is 41.5 Å². The van der Waals surface area contributed by atoms with Crippen LogP contribution in [0, 0.1) is 13.8 Å². The monoisotopic (exact) mass is 486 g/mol. The van der Waals surface area contributed by atoms with E-state index in [1.807, 2.05) is 7.05 Å². The number of hydrogen-bond donors (Lipinski definition) is 1. The van der Waals surface area contributed by atoms with Gasteiger partial charge in [-0.05, 0) is 37.1 Å². The molecule has 1 aromatic heterocycles. The van der Waals surface area contributed by atoms with E-state index in [0.29, 0.717) is 6.61 Å². The highest BCUT2D eigenvalue weighted by atomic mass is 127. The highest BCUT2D eigenvalue weighted by Gasteiger charge is 2.07. The molecular weight excluding hydrogens is 455 g/mol. The molecule has 0 unspecified atom stereocenters. The number of ether oxygens (including phenoxy) is 1. The van der Waals surface area contributed by atoms with Crippen LogP contribution in [-0.4, -0.2) is 59.4 Å². The molecule has 7 nitrogen and oxygen atoms in total. The number of nitrogens with zero attached hydrogens (tertiary/aromatic N) is 5. The third kappa shape index (κ3) is 7.36. The Hall–Kier alpha value is -1.84. The highest BCUT2D eigenvalue weighted by molar-refractivity contribution is 14.0. The number of hydrogen-bond acceptors (Lipinski definition) is 4. The largest absolute Gasteiger partial charge is 0.492 e. The fraction of sp³-hybridized carbons (Fsp3) is 0.526. The fourth-order valence-electron chi connectivity index (χ4n) is 2.83. The first-order valence-electron chi connectivity index (χ1n) is 9.03. The quantitative estimate of drug-likeness (QED) is 0.353. The molecule has 0 fully saturated rings. The number of aryl methyl sites for hydroxylation is 3. The SMILES string of the molecule is CCc1nncn1CCNC(=NC)N(C)CCOc1cc(C)cc(C)c1.I. The molecule has 2 aromatic rings. The van der Waals surface area contributed by atoms with Crippen LogP contribution in [0.25, 0.3) is 0 Å². The van der Waals surface area contributed by atoms with E-state index in [9.17, 15) is 0 Å². The summed E-state index contributed by atoms with van der Waals surface area (Å²) in [5, 5.41) is 11.4. The van der Waals surface area contributed by atoms with E-state index < -0.39 is 0 Å². The second-order valence-electron chi connectivity index (χ2n) is 6.36. The molecule has 0 aliphatic rings. The maximum absolute atomic E-state index is 5.88. The normalized spacial score (nSPS) is 11.1. The van der Waals surface area contributed by atoms with Crippen molar-refractivity contribution in [2.45, 2.75) is 33.7 Å². The predicted molar refractivity (Wildman–Crippen MR) is 120 cm³/mol. The van der Waals surface area contributed by atoms with Crippen molar-refractivity contribution in [2.24, 2.45) is 4.99 Å². The molecule has 0 saturated carbocycles. The van der Waals surface area contributed by atoms with Gasteiger partial charge in [0.25, 0.3) is 0 Å². The van der Waals surface area contributed by atoms with E-state index >= 15 is 0 Å². The van der Waals surface area contributed by atoms with Gasteiger partial charge in [0.05, 0.1) is 6.54 Å². The lowest BCUT2D eigenvalue weighted by Crippen LogP contribution is -2.42. The zero-order chi connectivity index (χ0) is 18.9. The molecule has 0 radical (unpaired) electrons. The van der Waals surface area contributed by atoms with Crippen LogP contribution in [0.2, 0.25) is 0 Å². The molecule has 0 amide bonds. The van der Waals surface area contributed by atoms with E-state index in [1.165, 1.54) is 11.1 Å². The van der Waals surface area contributed by atoms with Crippen LogP contribution in [-0.2, 0) is 13.0 Å². The van der Waals surface area contributed by atoms with Gasteiger partial charge >= 0.3 is 0 Å². The Balaban J connectivity index is 0.00000364. The van der Waals surface area contributed by atoms with Crippen molar-refractivity contribution in [1.82, 2.24) is 25.0 Å². The van der Waals surface area contributed by atoms with Crippen LogP contribution >= 0.6 is 24.0 Å². The molecule has 2 rings (SSSR count). The second kappa shape index (κ2) is 11.8. The van der Waals surface area contributed by atoms with Gasteiger partial charge in [-0.3, -0.25) is 4.99 Å². The van der Waals surface area contributed by atoms with Gasteiger partial charge in [-0.15, -0.1) is 34.2 Å². The Morgan fingerprint density at radius 3 is 2.59 bits per heavy atom. The standard InChI is InChI=1S/C19H30N6O.HI/c1-6-18-23-22-14-25(18)8-7-21-19(20-4)24(5)9-10-26-17-12-15(2)11-16(3)13-17;/h11-14H,6-10H2,1-5H3,(H,20,21);1H. The summed E-state index contributed by atoms with van der Waals surface area (Å²) in [6.07, 6.45) is 2.65. The average Bonchev–Trinajstić information content (AvgIpc) is 3.05. The molecule has 1 heterocycles. The van der Waals surface area contributed by atoms with Crippen LogP contribution < -0.4 is 10.1 Å². The maximum Gasteiger partial charge on any atom is 0.193 e. The van der Waals surface area contributed by atoms with E-state index in [0.717, 1.165) is 43.6 Å². The van der Waals surface area contributed by atoms with E-state index in [4.69, 9.17) is 4.74 Å². The first-order valence-corrected chi connectivity index (χ1v) is 9.03. The number of aliphatic imine (C=N–C) groups is 1. The number of benzene rings is 1. The highest BCUT2D eigenvalue weighted by Crippen LogP contribution is 2.15. The molecular formula is C19H31IN6O. The fourth-order valence-corrected chi connectivity index (χ4v) is 2.83. The summed E-state index contributed by atoms with van der Waals surface area (Å²) in [4.78, 5) is 6.40. The third-order valence-corrected chi connectivity index (χ3v) is 4.11. The Labute approximate surface area is 179 Å². The van der Waals surface area contributed by atoms with Gasteiger partial charge in [0.15, 0.2) is 5.96 Å². The summed E-state index contributed by atoms with van der Waals surface area (Å²) >= 11 is 0. The molecule has 1 N–H and O–H groups in total. The van der Waals surface area contributed by atoms with Crippen LogP contribution in [0.5, 0.6) is 5.75 Å². The van der Waals surface area contributed by atoms with Crippen molar-refractivity contribution in [3.8, 4) is 5.75 Å². The lowest BCUT2D eigenvalue weighted by atomic mass is 10.1. The second-order valence-corrected chi connectivity index (χ2v) is 6.36. The minimum atomic E-state index is 0. The molecule has 0 atom stereocenters. The number of guanidine groups is 1. The molecule has 1 aromatic carbocycles. The van der Waals surface area contributed by atoms with Crippen molar-refractivity contribution in [2.75, 3.05) is 33.8 Å². The third-order valence-electron chi connectivity index (χ3n) is 4.11. The molecule has 0 aliphatic heterocycles. The topological polar surface area (TPSA) is 67.6 Å². The Morgan fingerprint density at radius 1 is 1.26 bits per heavy atom. The Morgan fingerprint density at radius 2 is 1.96 bits per heavy atom. The first kappa shape index (κ1) is 23.2. The lowest BCUT2D eigenvalue weighted by Gasteiger charge is -2.22. The van der Waals surface area contributed by atoms with Gasteiger partial charge in [0.1, 0.15) is 24.5 Å². The zero-order valence-electron chi connectivity index (χ0n) is 16.9. The van der Waals surface area contributed by atoms with Crippen molar-refractivity contribution in [3.63, 3.8) is 0 Å². The molecule has 0 aliphatic carbocycles. The summed E-state index contributed by atoms with van der Waals surface area (Å²) in [6, 6.07) is 6.26. The predicted octanol–water partition coefficient (Wildman–Crippen LogP) is 2.66. The van der Waals surface area contributed by atoms with E-state index in [-0.39, 0.29) is 24.0 Å². The smallest absolute Gasteiger partial charge is 0.193 e. The molecule has 150 valence electrons. The molecule has 0 spiro atoms. The number of aromatic nitrogens is 3. The van der Waals surface area contributed by atoms with Crippen LogP contribution in [0.1, 0.15) is 23.9 Å². The van der Waals surface area contributed by atoms with E-state index in [2.05, 4.69) is 68.9 Å². The maximum atomic E-state index is 5.88. The molecule has 8 heteroatoms. The first-order chi connectivity index (χ1) is 12.5. The summed E-state index contributed by atoms with van der Waals surface area (Å²) in [7, 11) is 3.80. The number of nitrogens with one attached hydrogen (secondary N) is 1. The van der Waals surface area contributed by atoms with Gasteiger partial charge < -0.3 is 19.5 Å². The lowest BCUT2D eigenvalue weighted by molar-refractivity contribution is 0.281. The summed E-state index contributed by atoms with van der Waals surface area (Å²) < 4.78 is 7.94.